The topological polar surface area (TPSA) is 37.4 Å². The summed E-state index contributed by atoms with van der Waals surface area (Å²) < 4.78 is 5.64. The van der Waals surface area contributed by atoms with Gasteiger partial charge in [0.15, 0.2) is 0 Å². The lowest BCUT2D eigenvalue weighted by Crippen LogP contribution is -2.54. The summed E-state index contributed by atoms with van der Waals surface area (Å²) in [6, 6.07) is 3.11. The van der Waals surface area contributed by atoms with Crippen LogP contribution in [0.1, 0.15) is 27.2 Å². The second kappa shape index (κ2) is 6.05. The van der Waals surface area contributed by atoms with E-state index in [0.29, 0.717) is 12.1 Å². The van der Waals surface area contributed by atoms with E-state index < -0.39 is 0 Å². The van der Waals surface area contributed by atoms with Gasteiger partial charge in [-0.25, -0.2) is 0 Å². The minimum absolute atomic E-state index is 0.508. The van der Waals surface area contributed by atoms with Gasteiger partial charge in [0.05, 0.1) is 24.7 Å². The molecule has 0 aromatic carbocycles. The van der Waals surface area contributed by atoms with Crippen LogP contribution < -0.4 is 15.0 Å². The Hall–Kier alpha value is -1.29. The molecule has 4 heteroatoms. The standard InChI is InChI=1S/C14H23N3O/c1-4-5-18-14-6-13(7-15-8-14)17-9-11(2)16-12(3)10-17/h6-8,11-12,16H,4-5,9-10H2,1-3H3. The van der Waals surface area contributed by atoms with Gasteiger partial charge in [-0.3, -0.25) is 4.98 Å². The van der Waals surface area contributed by atoms with Gasteiger partial charge in [-0.15, -0.1) is 0 Å². The first kappa shape index (κ1) is 13.1. The van der Waals surface area contributed by atoms with Crippen molar-refractivity contribution in [2.45, 2.75) is 39.3 Å². The molecule has 2 unspecified atom stereocenters. The molecule has 1 aromatic rings. The van der Waals surface area contributed by atoms with Crippen LogP contribution in [0.15, 0.2) is 18.5 Å². The summed E-state index contributed by atoms with van der Waals surface area (Å²) in [5.41, 5.74) is 1.16. The Morgan fingerprint density at radius 1 is 1.33 bits per heavy atom. The lowest BCUT2D eigenvalue weighted by Gasteiger charge is -2.37. The van der Waals surface area contributed by atoms with E-state index >= 15 is 0 Å². The molecular formula is C14H23N3O. The summed E-state index contributed by atoms with van der Waals surface area (Å²) in [6.07, 6.45) is 4.73. The number of piperazine rings is 1. The van der Waals surface area contributed by atoms with Gasteiger partial charge in [0.25, 0.3) is 0 Å². The maximum atomic E-state index is 5.64. The Bertz CT molecular complexity index is 373. The van der Waals surface area contributed by atoms with Crippen LogP contribution >= 0.6 is 0 Å². The zero-order valence-corrected chi connectivity index (χ0v) is 11.5. The molecule has 2 atom stereocenters. The Morgan fingerprint density at radius 3 is 2.72 bits per heavy atom. The maximum absolute atomic E-state index is 5.64. The van der Waals surface area contributed by atoms with Crippen LogP contribution in [-0.4, -0.2) is 36.8 Å². The minimum Gasteiger partial charge on any atom is -0.492 e. The van der Waals surface area contributed by atoms with Crippen LogP contribution in [0.25, 0.3) is 0 Å². The first-order valence-electron chi connectivity index (χ1n) is 6.78. The molecule has 1 aromatic heterocycles. The first-order chi connectivity index (χ1) is 8.69. The number of rotatable bonds is 4. The molecule has 18 heavy (non-hydrogen) atoms. The fourth-order valence-corrected chi connectivity index (χ4v) is 2.42. The van der Waals surface area contributed by atoms with Crippen molar-refractivity contribution >= 4 is 5.69 Å². The normalized spacial score (nSPS) is 24.1. The average molecular weight is 249 g/mol. The number of hydrogen-bond donors (Lipinski definition) is 1. The van der Waals surface area contributed by atoms with E-state index in [-0.39, 0.29) is 0 Å². The molecule has 2 rings (SSSR count). The van der Waals surface area contributed by atoms with Crippen molar-refractivity contribution < 1.29 is 4.74 Å². The van der Waals surface area contributed by atoms with Gasteiger partial charge in [-0.1, -0.05) is 6.92 Å². The second-order valence-electron chi connectivity index (χ2n) is 5.10. The number of ether oxygens (including phenoxy) is 1. The number of hydrogen-bond acceptors (Lipinski definition) is 4. The van der Waals surface area contributed by atoms with E-state index in [0.717, 1.165) is 37.6 Å². The van der Waals surface area contributed by atoms with E-state index in [1.807, 2.05) is 6.20 Å². The van der Waals surface area contributed by atoms with Gasteiger partial charge in [0.2, 0.25) is 0 Å². The van der Waals surface area contributed by atoms with E-state index in [2.05, 4.69) is 42.0 Å². The minimum atomic E-state index is 0.508. The van der Waals surface area contributed by atoms with Crippen molar-refractivity contribution in [2.75, 3.05) is 24.6 Å². The zero-order valence-electron chi connectivity index (χ0n) is 11.5. The molecule has 0 saturated carbocycles. The van der Waals surface area contributed by atoms with Crippen LogP contribution in [0, 0.1) is 0 Å². The maximum Gasteiger partial charge on any atom is 0.139 e. The van der Waals surface area contributed by atoms with Crippen LogP contribution in [0.4, 0.5) is 5.69 Å². The van der Waals surface area contributed by atoms with Gasteiger partial charge < -0.3 is 15.0 Å². The van der Waals surface area contributed by atoms with Crippen molar-refractivity contribution in [3.63, 3.8) is 0 Å². The van der Waals surface area contributed by atoms with Gasteiger partial charge in [-0.05, 0) is 20.3 Å². The van der Waals surface area contributed by atoms with Crippen LogP contribution in [0.2, 0.25) is 0 Å². The molecule has 1 aliphatic heterocycles. The summed E-state index contributed by atoms with van der Waals surface area (Å²) in [6.45, 7) is 9.32. The van der Waals surface area contributed by atoms with Crippen LogP contribution in [0.5, 0.6) is 5.75 Å². The molecule has 2 heterocycles. The molecule has 1 N–H and O–H groups in total. The van der Waals surface area contributed by atoms with E-state index in [1.54, 1.807) is 6.20 Å². The van der Waals surface area contributed by atoms with E-state index in [1.165, 1.54) is 0 Å². The highest BCUT2D eigenvalue weighted by Crippen LogP contribution is 2.21. The molecule has 1 aliphatic rings. The van der Waals surface area contributed by atoms with E-state index in [4.69, 9.17) is 4.74 Å². The quantitative estimate of drug-likeness (QED) is 0.886. The SMILES string of the molecule is CCCOc1cncc(N2CC(C)NC(C)C2)c1. The predicted octanol–water partition coefficient (Wildman–Crippen LogP) is 2.06. The largest absolute Gasteiger partial charge is 0.492 e. The summed E-state index contributed by atoms with van der Waals surface area (Å²) in [7, 11) is 0. The molecule has 100 valence electrons. The molecule has 1 saturated heterocycles. The third-order valence-corrected chi connectivity index (χ3v) is 3.09. The van der Waals surface area contributed by atoms with E-state index in [9.17, 15) is 0 Å². The third kappa shape index (κ3) is 3.35. The van der Waals surface area contributed by atoms with Gasteiger partial charge in [0.1, 0.15) is 5.75 Å². The molecule has 0 bridgehead atoms. The fourth-order valence-electron chi connectivity index (χ4n) is 2.42. The average Bonchev–Trinajstić information content (AvgIpc) is 2.35. The fraction of sp³-hybridized carbons (Fsp3) is 0.643. The molecule has 0 aliphatic carbocycles. The number of nitrogens with zero attached hydrogens (tertiary/aromatic N) is 2. The number of pyridine rings is 1. The zero-order chi connectivity index (χ0) is 13.0. The highest BCUT2D eigenvalue weighted by Gasteiger charge is 2.21. The monoisotopic (exact) mass is 249 g/mol. The molecule has 0 radical (unpaired) electrons. The Kier molecular flexibility index (Phi) is 4.42. The summed E-state index contributed by atoms with van der Waals surface area (Å²) >= 11 is 0. The van der Waals surface area contributed by atoms with Crippen molar-refractivity contribution in [2.24, 2.45) is 0 Å². The van der Waals surface area contributed by atoms with Crippen molar-refractivity contribution in [1.29, 1.82) is 0 Å². The number of nitrogens with one attached hydrogen (secondary N) is 1. The Labute approximate surface area is 109 Å². The first-order valence-corrected chi connectivity index (χ1v) is 6.78. The van der Waals surface area contributed by atoms with Crippen molar-refractivity contribution in [3.05, 3.63) is 18.5 Å². The highest BCUT2D eigenvalue weighted by molar-refractivity contribution is 5.49. The van der Waals surface area contributed by atoms with Crippen LogP contribution in [0.3, 0.4) is 0 Å². The second-order valence-corrected chi connectivity index (χ2v) is 5.10. The predicted molar refractivity (Wildman–Crippen MR) is 74.3 cm³/mol. The summed E-state index contributed by atoms with van der Waals surface area (Å²) in [4.78, 5) is 6.65. The summed E-state index contributed by atoms with van der Waals surface area (Å²) in [5.74, 6) is 0.869. The molecule has 1 fully saturated rings. The highest BCUT2D eigenvalue weighted by atomic mass is 16.5. The van der Waals surface area contributed by atoms with Crippen molar-refractivity contribution in [3.8, 4) is 5.75 Å². The molecule has 0 spiro atoms. The number of anilines is 1. The van der Waals surface area contributed by atoms with Gasteiger partial charge in [0, 0.05) is 31.2 Å². The Balaban J connectivity index is 2.07. The summed E-state index contributed by atoms with van der Waals surface area (Å²) in [5, 5.41) is 3.53. The lowest BCUT2D eigenvalue weighted by molar-refractivity contribution is 0.316. The van der Waals surface area contributed by atoms with Gasteiger partial charge >= 0.3 is 0 Å². The van der Waals surface area contributed by atoms with Crippen LogP contribution in [-0.2, 0) is 0 Å². The number of aromatic nitrogens is 1. The van der Waals surface area contributed by atoms with Gasteiger partial charge in [-0.2, -0.15) is 0 Å². The smallest absolute Gasteiger partial charge is 0.139 e. The Morgan fingerprint density at radius 2 is 2.06 bits per heavy atom. The molecular weight excluding hydrogens is 226 g/mol. The molecule has 0 amide bonds. The lowest BCUT2D eigenvalue weighted by atomic mass is 10.1. The third-order valence-electron chi connectivity index (χ3n) is 3.09. The molecule has 4 nitrogen and oxygen atoms in total. The van der Waals surface area contributed by atoms with Crippen molar-refractivity contribution in [1.82, 2.24) is 10.3 Å².